The standard InChI is InChI=1S/C24H12F9N5O/c25-22(26,27)13-3-1-12(2-4-13)21-35-19-9-34-38(11-20(19)36-21)10-15-8-18(37-39-15)16-6-5-14(23(28,29)30)7-17(16)24(31,32)33/h1-9,11H,10H2. The summed E-state index contributed by atoms with van der Waals surface area (Å²) in [6, 6.07) is 6.60. The average molecular weight is 557 g/mol. The summed E-state index contributed by atoms with van der Waals surface area (Å²) < 4.78 is 124. The quantitative estimate of drug-likeness (QED) is 0.219. The molecule has 0 saturated heterocycles. The van der Waals surface area contributed by atoms with Crippen LogP contribution in [0.4, 0.5) is 39.5 Å². The molecule has 2 aromatic carbocycles. The summed E-state index contributed by atoms with van der Waals surface area (Å²) in [7, 11) is 0. The molecule has 15 heteroatoms. The predicted molar refractivity (Wildman–Crippen MR) is 116 cm³/mol. The first kappa shape index (κ1) is 26.2. The fraction of sp³-hybridized carbons (Fsp3) is 0.167. The Morgan fingerprint density at radius 3 is 1.97 bits per heavy atom. The van der Waals surface area contributed by atoms with Crippen molar-refractivity contribution in [2.24, 2.45) is 0 Å². The van der Waals surface area contributed by atoms with E-state index in [1.807, 2.05) is 0 Å². The summed E-state index contributed by atoms with van der Waals surface area (Å²) in [5.74, 6) is 0.194. The molecule has 3 heterocycles. The summed E-state index contributed by atoms with van der Waals surface area (Å²) >= 11 is 0. The lowest BCUT2D eigenvalue weighted by Crippen LogP contribution is -2.12. The highest BCUT2D eigenvalue weighted by Crippen LogP contribution is 2.41. The fourth-order valence-corrected chi connectivity index (χ4v) is 3.74. The Kier molecular flexibility index (Phi) is 6.11. The number of halogens is 9. The van der Waals surface area contributed by atoms with Crippen LogP contribution >= 0.6 is 0 Å². The van der Waals surface area contributed by atoms with Gasteiger partial charge in [0.15, 0.2) is 11.6 Å². The van der Waals surface area contributed by atoms with Crippen LogP contribution in [0.25, 0.3) is 34.0 Å². The second-order valence-electron chi connectivity index (χ2n) is 8.30. The third kappa shape index (κ3) is 5.42. The number of benzene rings is 2. The normalized spacial score (nSPS) is 12.8. The van der Waals surface area contributed by atoms with Gasteiger partial charge in [0, 0.05) is 17.2 Å². The molecule has 0 N–H and O–H groups in total. The molecule has 2 aliphatic rings. The lowest BCUT2D eigenvalue weighted by molar-refractivity contribution is -0.143. The highest BCUT2D eigenvalue weighted by molar-refractivity contribution is 5.66. The molecule has 0 unspecified atom stereocenters. The molecule has 2 aliphatic heterocycles. The van der Waals surface area contributed by atoms with Crippen LogP contribution < -0.4 is 0 Å². The van der Waals surface area contributed by atoms with E-state index in [2.05, 4.69) is 20.2 Å². The molecule has 39 heavy (non-hydrogen) atoms. The van der Waals surface area contributed by atoms with E-state index >= 15 is 0 Å². The highest BCUT2D eigenvalue weighted by atomic mass is 19.4. The molecule has 0 radical (unpaired) electrons. The van der Waals surface area contributed by atoms with Gasteiger partial charge in [0.2, 0.25) is 0 Å². The first-order chi connectivity index (χ1) is 18.2. The summed E-state index contributed by atoms with van der Waals surface area (Å²) in [4.78, 5) is 8.51. The maximum absolute atomic E-state index is 13.5. The third-order valence-corrected chi connectivity index (χ3v) is 5.59. The number of aromatic nitrogens is 5. The largest absolute Gasteiger partial charge is 0.417 e. The molecule has 0 spiro atoms. The van der Waals surface area contributed by atoms with Crippen LogP contribution in [0.3, 0.4) is 0 Å². The van der Waals surface area contributed by atoms with Crippen molar-refractivity contribution in [2.45, 2.75) is 25.1 Å². The minimum absolute atomic E-state index is 0.0102. The molecule has 1 aromatic heterocycles. The molecule has 0 aliphatic carbocycles. The van der Waals surface area contributed by atoms with Gasteiger partial charge < -0.3 is 4.52 Å². The molecule has 0 amide bonds. The van der Waals surface area contributed by atoms with Gasteiger partial charge in [0.05, 0.1) is 29.1 Å². The van der Waals surface area contributed by atoms with Crippen molar-refractivity contribution in [1.29, 1.82) is 0 Å². The predicted octanol–water partition coefficient (Wildman–Crippen LogP) is 7.20. The maximum Gasteiger partial charge on any atom is 0.417 e. The van der Waals surface area contributed by atoms with E-state index in [0.717, 1.165) is 18.2 Å². The molecular formula is C24H12F9N5O. The molecule has 6 nitrogen and oxygen atoms in total. The van der Waals surface area contributed by atoms with Gasteiger partial charge in [0.25, 0.3) is 0 Å². The number of rotatable bonds is 4. The maximum atomic E-state index is 13.5. The van der Waals surface area contributed by atoms with E-state index in [1.54, 1.807) is 0 Å². The highest BCUT2D eigenvalue weighted by Gasteiger charge is 2.39. The Labute approximate surface area is 212 Å². The topological polar surface area (TPSA) is 69.6 Å². The van der Waals surface area contributed by atoms with Crippen LogP contribution in [-0.2, 0) is 25.1 Å². The van der Waals surface area contributed by atoms with Crippen molar-refractivity contribution in [3.05, 3.63) is 83.4 Å². The van der Waals surface area contributed by atoms with E-state index in [0.29, 0.717) is 29.1 Å². The molecular weight excluding hydrogens is 545 g/mol. The van der Waals surface area contributed by atoms with Crippen molar-refractivity contribution >= 4 is 0 Å². The van der Waals surface area contributed by atoms with Crippen LogP contribution in [0.2, 0.25) is 0 Å². The number of hydrogen-bond acceptors (Lipinski definition) is 5. The second kappa shape index (κ2) is 9.10. The van der Waals surface area contributed by atoms with Crippen molar-refractivity contribution < 1.29 is 44.0 Å². The minimum Gasteiger partial charge on any atom is -0.359 e. The van der Waals surface area contributed by atoms with Crippen molar-refractivity contribution in [1.82, 2.24) is 24.9 Å². The lowest BCUT2D eigenvalue weighted by atomic mass is 10.0. The zero-order chi connectivity index (χ0) is 28.2. The molecule has 0 fully saturated rings. The van der Waals surface area contributed by atoms with E-state index in [4.69, 9.17) is 4.52 Å². The number of imidazole rings is 1. The van der Waals surface area contributed by atoms with Crippen LogP contribution in [0, 0.1) is 0 Å². The smallest absolute Gasteiger partial charge is 0.359 e. The second-order valence-corrected chi connectivity index (χ2v) is 8.30. The first-order valence-electron chi connectivity index (χ1n) is 10.8. The van der Waals surface area contributed by atoms with Gasteiger partial charge in [-0.05, 0) is 24.3 Å². The van der Waals surface area contributed by atoms with Gasteiger partial charge >= 0.3 is 18.5 Å². The van der Waals surface area contributed by atoms with Crippen LogP contribution in [0.1, 0.15) is 22.5 Å². The van der Waals surface area contributed by atoms with E-state index < -0.39 is 40.8 Å². The third-order valence-electron chi connectivity index (χ3n) is 5.59. The minimum atomic E-state index is -5.09. The van der Waals surface area contributed by atoms with Gasteiger partial charge in [-0.2, -0.15) is 44.6 Å². The van der Waals surface area contributed by atoms with Gasteiger partial charge in [0.1, 0.15) is 23.6 Å². The van der Waals surface area contributed by atoms with E-state index in [-0.39, 0.29) is 29.9 Å². The van der Waals surface area contributed by atoms with Crippen molar-refractivity contribution in [3.8, 4) is 34.0 Å². The number of nitrogens with zero attached hydrogens (tertiary/aromatic N) is 5. The SMILES string of the molecule is FC(F)(F)c1ccc(-c2nc3cnn(Cc4cc(-c5ccc(C(F)(F)F)cc5C(F)(F)F)no4)cc-3n2)cc1. The van der Waals surface area contributed by atoms with Crippen LogP contribution in [0.15, 0.2) is 65.4 Å². The van der Waals surface area contributed by atoms with E-state index in [9.17, 15) is 39.5 Å². The van der Waals surface area contributed by atoms with Gasteiger partial charge in [-0.25, -0.2) is 9.97 Å². The number of fused-ring (bicyclic) bond motifs is 1. The Hall–Kier alpha value is -4.43. The van der Waals surface area contributed by atoms with Crippen LogP contribution in [-0.4, -0.2) is 24.9 Å². The molecule has 5 rings (SSSR count). The fourth-order valence-electron chi connectivity index (χ4n) is 3.74. The molecule has 202 valence electrons. The van der Waals surface area contributed by atoms with Gasteiger partial charge in [-0.1, -0.05) is 23.4 Å². The Morgan fingerprint density at radius 2 is 1.33 bits per heavy atom. The summed E-state index contributed by atoms with van der Waals surface area (Å²) in [5, 5.41) is 7.68. The molecule has 0 bridgehead atoms. The summed E-state index contributed by atoms with van der Waals surface area (Å²) in [6.45, 7) is -0.132. The summed E-state index contributed by atoms with van der Waals surface area (Å²) in [6.07, 6.45) is -11.8. The zero-order valence-electron chi connectivity index (χ0n) is 19.0. The van der Waals surface area contributed by atoms with E-state index in [1.165, 1.54) is 29.2 Å². The zero-order valence-corrected chi connectivity index (χ0v) is 19.0. The first-order valence-corrected chi connectivity index (χ1v) is 10.8. The number of hydrogen-bond donors (Lipinski definition) is 0. The molecule has 0 atom stereocenters. The van der Waals surface area contributed by atoms with Crippen LogP contribution in [0.5, 0.6) is 0 Å². The van der Waals surface area contributed by atoms with Gasteiger partial charge in [-0.15, -0.1) is 0 Å². The molecule has 3 aromatic rings. The van der Waals surface area contributed by atoms with Crippen molar-refractivity contribution in [3.63, 3.8) is 0 Å². The summed E-state index contributed by atoms with van der Waals surface area (Å²) in [5.41, 5.74) is -3.74. The monoisotopic (exact) mass is 557 g/mol. The van der Waals surface area contributed by atoms with Crippen molar-refractivity contribution in [2.75, 3.05) is 0 Å². The average Bonchev–Trinajstić information content (AvgIpc) is 3.49. The number of alkyl halides is 9. The Balaban J connectivity index is 1.40. The molecule has 0 saturated carbocycles. The Morgan fingerprint density at radius 1 is 0.692 bits per heavy atom. The Bertz CT molecular complexity index is 1600. The van der Waals surface area contributed by atoms with Gasteiger partial charge in [-0.3, -0.25) is 4.68 Å². The lowest BCUT2D eigenvalue weighted by Gasteiger charge is -2.14.